The van der Waals surface area contributed by atoms with Gasteiger partial charge in [-0.3, -0.25) is 4.79 Å². The molecule has 0 radical (unpaired) electrons. The molecule has 134 valence electrons. The van der Waals surface area contributed by atoms with Gasteiger partial charge in [0.25, 0.3) is 5.91 Å². The molecule has 1 aliphatic carbocycles. The van der Waals surface area contributed by atoms with Crippen molar-refractivity contribution in [2.75, 3.05) is 0 Å². The van der Waals surface area contributed by atoms with Gasteiger partial charge in [-0.25, -0.2) is 9.67 Å². The van der Waals surface area contributed by atoms with E-state index in [1.807, 2.05) is 38.1 Å². The van der Waals surface area contributed by atoms with E-state index in [-0.39, 0.29) is 11.7 Å². The van der Waals surface area contributed by atoms with Crippen LogP contribution in [-0.4, -0.2) is 20.7 Å². The fraction of sp³-hybridized carbons (Fsp3) is 0.316. The first-order valence-electron chi connectivity index (χ1n) is 8.59. The van der Waals surface area contributed by atoms with Gasteiger partial charge in [-0.2, -0.15) is 0 Å². The Balaban J connectivity index is 1.59. The van der Waals surface area contributed by atoms with E-state index >= 15 is 0 Å². The number of para-hydroxylation sites is 1. The second-order valence-electron chi connectivity index (χ2n) is 6.55. The number of amides is 1. The molecular weight excluding hydrogens is 352 g/mol. The van der Waals surface area contributed by atoms with E-state index in [0.29, 0.717) is 17.5 Å². The Morgan fingerprint density at radius 1 is 1.35 bits per heavy atom. The normalized spacial score (nSPS) is 13.8. The fourth-order valence-corrected chi connectivity index (χ4v) is 3.16. The average molecular weight is 371 g/mol. The van der Waals surface area contributed by atoms with E-state index < -0.39 is 0 Å². The molecule has 7 heteroatoms. The molecule has 26 heavy (non-hydrogen) atoms. The summed E-state index contributed by atoms with van der Waals surface area (Å²) in [5, 5.41) is 7.87. The third kappa shape index (κ3) is 3.24. The van der Waals surface area contributed by atoms with Crippen molar-refractivity contribution in [1.29, 1.82) is 0 Å². The fourth-order valence-electron chi connectivity index (χ4n) is 2.94. The molecule has 0 saturated heterocycles. The number of furan rings is 1. The number of carbonyl (C=O) groups is 1. The van der Waals surface area contributed by atoms with Crippen molar-refractivity contribution >= 4 is 17.5 Å². The predicted octanol–water partition coefficient (Wildman–Crippen LogP) is 3.94. The van der Waals surface area contributed by atoms with Crippen LogP contribution in [0.4, 0.5) is 0 Å². The lowest BCUT2D eigenvalue weighted by Crippen LogP contribution is -2.24. The Bertz CT molecular complexity index is 972. The molecular formula is C19H19ClN4O2. The highest BCUT2D eigenvalue weighted by molar-refractivity contribution is 6.32. The first kappa shape index (κ1) is 16.8. The standard InChI is InChI=1S/C19H19ClN4O2/c1-11-9-14(12(2)26-11)10-21-19(25)17-22-18(13-7-8-13)24(23-17)16-6-4-3-5-15(16)20/h3-6,9,13H,7-8,10H2,1-2H3,(H,21,25). The Kier molecular flexibility index (Phi) is 4.28. The number of halogens is 1. The van der Waals surface area contributed by atoms with Crippen molar-refractivity contribution in [2.45, 2.75) is 39.2 Å². The molecule has 0 spiro atoms. The lowest BCUT2D eigenvalue weighted by atomic mass is 10.2. The molecule has 0 aliphatic heterocycles. The van der Waals surface area contributed by atoms with Crippen LogP contribution in [0.25, 0.3) is 5.69 Å². The molecule has 4 rings (SSSR count). The molecule has 1 fully saturated rings. The van der Waals surface area contributed by atoms with Crippen LogP contribution in [0.1, 0.15) is 52.3 Å². The van der Waals surface area contributed by atoms with Gasteiger partial charge in [0.2, 0.25) is 5.82 Å². The highest BCUT2D eigenvalue weighted by atomic mass is 35.5. The molecule has 1 amide bonds. The van der Waals surface area contributed by atoms with Crippen LogP contribution in [0.3, 0.4) is 0 Å². The number of carbonyl (C=O) groups excluding carboxylic acids is 1. The van der Waals surface area contributed by atoms with Crippen LogP contribution in [0, 0.1) is 13.8 Å². The Morgan fingerprint density at radius 2 is 2.12 bits per heavy atom. The number of aryl methyl sites for hydroxylation is 2. The van der Waals surface area contributed by atoms with E-state index in [4.69, 9.17) is 16.0 Å². The van der Waals surface area contributed by atoms with Crippen LogP contribution in [0.15, 0.2) is 34.7 Å². The van der Waals surface area contributed by atoms with Gasteiger partial charge in [0.15, 0.2) is 0 Å². The molecule has 1 N–H and O–H groups in total. The van der Waals surface area contributed by atoms with E-state index in [1.54, 1.807) is 10.7 Å². The zero-order valence-electron chi connectivity index (χ0n) is 14.6. The molecule has 1 saturated carbocycles. The second-order valence-corrected chi connectivity index (χ2v) is 6.96. The minimum absolute atomic E-state index is 0.157. The maximum atomic E-state index is 12.5. The molecule has 0 bridgehead atoms. The Morgan fingerprint density at radius 3 is 2.77 bits per heavy atom. The van der Waals surface area contributed by atoms with Crippen molar-refractivity contribution in [3.05, 3.63) is 64.1 Å². The van der Waals surface area contributed by atoms with Crippen molar-refractivity contribution in [2.24, 2.45) is 0 Å². The third-order valence-electron chi connectivity index (χ3n) is 4.44. The summed E-state index contributed by atoms with van der Waals surface area (Å²) in [6, 6.07) is 9.36. The van der Waals surface area contributed by atoms with E-state index in [0.717, 1.165) is 41.4 Å². The number of benzene rings is 1. The summed E-state index contributed by atoms with van der Waals surface area (Å²) in [6.45, 7) is 4.14. The summed E-state index contributed by atoms with van der Waals surface area (Å²) in [7, 11) is 0. The lowest BCUT2D eigenvalue weighted by Gasteiger charge is -2.06. The molecule has 0 atom stereocenters. The van der Waals surface area contributed by atoms with Crippen molar-refractivity contribution in [3.63, 3.8) is 0 Å². The Labute approximate surface area is 156 Å². The molecule has 2 heterocycles. The molecule has 0 unspecified atom stereocenters. The largest absolute Gasteiger partial charge is 0.466 e. The highest BCUT2D eigenvalue weighted by Gasteiger charge is 2.32. The van der Waals surface area contributed by atoms with Crippen LogP contribution >= 0.6 is 11.6 Å². The molecule has 2 aromatic heterocycles. The van der Waals surface area contributed by atoms with Crippen LogP contribution in [-0.2, 0) is 6.54 Å². The molecule has 1 aliphatic rings. The summed E-state index contributed by atoms with van der Waals surface area (Å²) < 4.78 is 7.18. The summed E-state index contributed by atoms with van der Waals surface area (Å²) in [5.74, 6) is 2.60. The first-order chi connectivity index (χ1) is 12.5. The number of hydrogen-bond acceptors (Lipinski definition) is 4. The summed E-state index contributed by atoms with van der Waals surface area (Å²) in [5.41, 5.74) is 1.69. The zero-order valence-corrected chi connectivity index (χ0v) is 15.4. The molecule has 3 aromatic rings. The smallest absolute Gasteiger partial charge is 0.291 e. The summed E-state index contributed by atoms with van der Waals surface area (Å²) in [6.07, 6.45) is 2.11. The third-order valence-corrected chi connectivity index (χ3v) is 4.76. The zero-order chi connectivity index (χ0) is 18.3. The van der Waals surface area contributed by atoms with E-state index in [9.17, 15) is 4.79 Å². The monoisotopic (exact) mass is 370 g/mol. The SMILES string of the molecule is Cc1cc(CNC(=O)c2nc(C3CC3)n(-c3ccccc3Cl)n2)c(C)o1. The second kappa shape index (κ2) is 6.61. The van der Waals surface area contributed by atoms with Crippen molar-refractivity contribution in [1.82, 2.24) is 20.1 Å². The highest BCUT2D eigenvalue weighted by Crippen LogP contribution is 2.40. The predicted molar refractivity (Wildman–Crippen MR) is 97.7 cm³/mol. The van der Waals surface area contributed by atoms with Gasteiger partial charge in [0.1, 0.15) is 17.3 Å². The summed E-state index contributed by atoms with van der Waals surface area (Å²) >= 11 is 6.31. The maximum absolute atomic E-state index is 12.5. The van der Waals surface area contributed by atoms with Crippen LogP contribution < -0.4 is 5.32 Å². The first-order valence-corrected chi connectivity index (χ1v) is 8.96. The van der Waals surface area contributed by atoms with Gasteiger partial charge in [0, 0.05) is 18.0 Å². The quantitative estimate of drug-likeness (QED) is 0.738. The van der Waals surface area contributed by atoms with Crippen LogP contribution in [0.5, 0.6) is 0 Å². The van der Waals surface area contributed by atoms with E-state index in [1.165, 1.54) is 0 Å². The van der Waals surface area contributed by atoms with Gasteiger partial charge in [-0.05, 0) is 44.9 Å². The number of aromatic nitrogens is 3. The number of nitrogens with one attached hydrogen (secondary N) is 1. The van der Waals surface area contributed by atoms with Crippen molar-refractivity contribution in [3.8, 4) is 5.69 Å². The minimum atomic E-state index is -0.309. The van der Waals surface area contributed by atoms with Gasteiger partial charge in [-0.15, -0.1) is 5.10 Å². The Hall–Kier alpha value is -2.60. The maximum Gasteiger partial charge on any atom is 0.291 e. The van der Waals surface area contributed by atoms with Gasteiger partial charge in [-0.1, -0.05) is 23.7 Å². The number of nitrogens with zero attached hydrogens (tertiary/aromatic N) is 3. The van der Waals surface area contributed by atoms with Crippen molar-refractivity contribution < 1.29 is 9.21 Å². The van der Waals surface area contributed by atoms with Gasteiger partial charge >= 0.3 is 0 Å². The van der Waals surface area contributed by atoms with Gasteiger partial charge in [0.05, 0.1) is 10.7 Å². The van der Waals surface area contributed by atoms with Crippen LogP contribution in [0.2, 0.25) is 5.02 Å². The molecule has 6 nitrogen and oxygen atoms in total. The van der Waals surface area contributed by atoms with E-state index in [2.05, 4.69) is 15.4 Å². The number of hydrogen-bond donors (Lipinski definition) is 1. The van der Waals surface area contributed by atoms with Gasteiger partial charge < -0.3 is 9.73 Å². The average Bonchev–Trinajstić information content (AvgIpc) is 3.28. The summed E-state index contributed by atoms with van der Waals surface area (Å²) in [4.78, 5) is 17.0. The number of rotatable bonds is 5. The molecule has 1 aromatic carbocycles. The minimum Gasteiger partial charge on any atom is -0.466 e. The topological polar surface area (TPSA) is 73.0 Å². The lowest BCUT2D eigenvalue weighted by molar-refractivity contribution is 0.0940.